The van der Waals surface area contributed by atoms with Gasteiger partial charge in [-0.25, -0.2) is 8.42 Å². The first kappa shape index (κ1) is 13.1. The van der Waals surface area contributed by atoms with Crippen molar-refractivity contribution in [3.8, 4) is 0 Å². The van der Waals surface area contributed by atoms with Gasteiger partial charge in [-0.05, 0) is 37.1 Å². The largest absolute Gasteiger partial charge is 0.355 e. The molecule has 0 spiro atoms. The van der Waals surface area contributed by atoms with Crippen molar-refractivity contribution in [3.05, 3.63) is 29.8 Å². The minimum absolute atomic E-state index is 0.209. The number of carbonyl (C=O) groups excluding carboxylic acids is 1. The smallest absolute Gasteiger partial charge is 0.251 e. The highest BCUT2D eigenvalue weighted by atomic mass is 32.2. The van der Waals surface area contributed by atoms with Gasteiger partial charge in [0.15, 0.2) is 9.84 Å². The molecule has 0 unspecified atom stereocenters. The van der Waals surface area contributed by atoms with E-state index in [4.69, 9.17) is 0 Å². The van der Waals surface area contributed by atoms with Gasteiger partial charge in [0.1, 0.15) is 0 Å². The fourth-order valence-electron chi connectivity index (χ4n) is 2.33. The Labute approximate surface area is 107 Å². The van der Waals surface area contributed by atoms with E-state index in [2.05, 4.69) is 5.32 Å². The third-order valence-electron chi connectivity index (χ3n) is 3.41. The normalized spacial score (nSPS) is 16.7. The van der Waals surface area contributed by atoms with Crippen molar-refractivity contribution in [2.24, 2.45) is 0 Å². The Kier molecular flexibility index (Phi) is 3.71. The van der Waals surface area contributed by atoms with Gasteiger partial charge in [-0.2, -0.15) is 0 Å². The van der Waals surface area contributed by atoms with E-state index in [9.17, 15) is 13.2 Å². The van der Waals surface area contributed by atoms with Gasteiger partial charge in [0, 0.05) is 12.6 Å². The molecule has 1 N–H and O–H groups in total. The summed E-state index contributed by atoms with van der Waals surface area (Å²) in [6.07, 6.45) is 3.47. The lowest BCUT2D eigenvalue weighted by atomic mass is 10.2. The number of rotatable bonds is 3. The van der Waals surface area contributed by atoms with Crippen LogP contribution in [0.3, 0.4) is 0 Å². The second-order valence-electron chi connectivity index (χ2n) is 4.55. The van der Waals surface area contributed by atoms with Crippen LogP contribution in [0.4, 0.5) is 0 Å². The van der Waals surface area contributed by atoms with E-state index in [1.165, 1.54) is 12.1 Å². The topological polar surface area (TPSA) is 63.2 Å². The van der Waals surface area contributed by atoms with Gasteiger partial charge in [0.2, 0.25) is 0 Å². The molecule has 4 nitrogen and oxygen atoms in total. The summed E-state index contributed by atoms with van der Waals surface area (Å²) in [5.41, 5.74) is 0.475. The van der Waals surface area contributed by atoms with Gasteiger partial charge < -0.3 is 5.32 Å². The first-order chi connectivity index (χ1) is 8.55. The van der Waals surface area contributed by atoms with Gasteiger partial charge in [-0.3, -0.25) is 4.79 Å². The van der Waals surface area contributed by atoms with Crippen LogP contribution in [-0.4, -0.2) is 26.6 Å². The maximum atomic E-state index is 12.3. The van der Waals surface area contributed by atoms with Gasteiger partial charge in [-0.1, -0.05) is 12.8 Å². The molecule has 1 saturated carbocycles. The summed E-state index contributed by atoms with van der Waals surface area (Å²) in [5.74, 6) is -0.209. The molecule has 1 aliphatic carbocycles. The van der Waals surface area contributed by atoms with Gasteiger partial charge >= 0.3 is 0 Å². The first-order valence-electron chi connectivity index (χ1n) is 6.12. The Morgan fingerprint density at radius 2 is 1.72 bits per heavy atom. The zero-order valence-corrected chi connectivity index (χ0v) is 11.2. The van der Waals surface area contributed by atoms with Crippen LogP contribution in [0.15, 0.2) is 29.2 Å². The molecular formula is C13H17NO3S. The van der Waals surface area contributed by atoms with E-state index < -0.39 is 9.84 Å². The Morgan fingerprint density at radius 3 is 2.22 bits per heavy atom. The highest BCUT2D eigenvalue weighted by molar-refractivity contribution is 7.92. The first-order valence-corrected chi connectivity index (χ1v) is 7.66. The molecule has 98 valence electrons. The third-order valence-corrected chi connectivity index (χ3v) is 5.69. The molecule has 1 aromatic rings. The summed E-state index contributed by atoms with van der Waals surface area (Å²) >= 11 is 0. The molecule has 0 radical (unpaired) electrons. The van der Waals surface area contributed by atoms with E-state index in [1.807, 2.05) is 0 Å². The molecule has 18 heavy (non-hydrogen) atoms. The number of nitrogens with one attached hydrogen (secondary N) is 1. The van der Waals surface area contributed by atoms with Crippen LogP contribution in [0.2, 0.25) is 0 Å². The lowest BCUT2D eigenvalue weighted by molar-refractivity contribution is 0.0963. The van der Waals surface area contributed by atoms with Crippen molar-refractivity contribution in [1.29, 1.82) is 0 Å². The molecule has 2 rings (SSSR count). The van der Waals surface area contributed by atoms with Crippen LogP contribution in [0.1, 0.15) is 36.0 Å². The molecule has 0 bridgehead atoms. The molecule has 1 aliphatic rings. The second-order valence-corrected chi connectivity index (χ2v) is 6.78. The van der Waals surface area contributed by atoms with Crippen LogP contribution in [0, 0.1) is 0 Å². The Hall–Kier alpha value is -1.36. The monoisotopic (exact) mass is 267 g/mol. The van der Waals surface area contributed by atoms with E-state index in [-0.39, 0.29) is 11.2 Å². The summed E-state index contributed by atoms with van der Waals surface area (Å²) in [6.45, 7) is 0. The lowest BCUT2D eigenvalue weighted by Crippen LogP contribution is -2.19. The molecule has 1 amide bonds. The lowest BCUT2D eigenvalue weighted by Gasteiger charge is -2.11. The fourth-order valence-corrected chi connectivity index (χ4v) is 4.19. The van der Waals surface area contributed by atoms with Crippen LogP contribution in [-0.2, 0) is 9.84 Å². The van der Waals surface area contributed by atoms with Crippen molar-refractivity contribution >= 4 is 15.7 Å². The molecule has 1 fully saturated rings. The third kappa shape index (κ3) is 2.41. The zero-order chi connectivity index (χ0) is 13.2. The summed E-state index contributed by atoms with van der Waals surface area (Å²) in [7, 11) is -1.67. The highest BCUT2D eigenvalue weighted by Crippen LogP contribution is 2.29. The predicted octanol–water partition coefficient (Wildman–Crippen LogP) is 1.76. The number of carbonyl (C=O) groups is 1. The average molecular weight is 267 g/mol. The van der Waals surface area contributed by atoms with Gasteiger partial charge in [0.25, 0.3) is 5.91 Å². The number of hydrogen-bond acceptors (Lipinski definition) is 3. The molecule has 5 heteroatoms. The van der Waals surface area contributed by atoms with Crippen molar-refractivity contribution in [1.82, 2.24) is 5.32 Å². The summed E-state index contributed by atoms with van der Waals surface area (Å²) in [4.78, 5) is 11.7. The van der Waals surface area contributed by atoms with Gasteiger partial charge in [0.05, 0.1) is 10.1 Å². The summed E-state index contributed by atoms with van der Waals surface area (Å²) in [5, 5.41) is 2.26. The highest BCUT2D eigenvalue weighted by Gasteiger charge is 2.30. The van der Waals surface area contributed by atoms with Crippen molar-refractivity contribution in [2.45, 2.75) is 35.8 Å². The predicted molar refractivity (Wildman–Crippen MR) is 69.3 cm³/mol. The number of benzene rings is 1. The minimum atomic E-state index is -3.22. The van der Waals surface area contributed by atoms with E-state index in [1.54, 1.807) is 19.2 Å². The molecule has 0 atom stereocenters. The molecule has 0 aliphatic heterocycles. The number of sulfone groups is 1. The Morgan fingerprint density at radius 1 is 1.17 bits per heavy atom. The standard InChI is InChI=1S/C13H17NO3S/c1-14-13(15)10-6-8-12(9-7-10)18(16,17)11-4-2-3-5-11/h6-9,11H,2-5H2,1H3,(H,14,15). The maximum Gasteiger partial charge on any atom is 0.251 e. The van der Waals surface area contributed by atoms with Gasteiger partial charge in [-0.15, -0.1) is 0 Å². The number of hydrogen-bond donors (Lipinski definition) is 1. The molecule has 0 aromatic heterocycles. The fraction of sp³-hybridized carbons (Fsp3) is 0.462. The Balaban J connectivity index is 2.26. The molecule has 0 heterocycles. The van der Waals surface area contributed by atoms with E-state index >= 15 is 0 Å². The van der Waals surface area contributed by atoms with Crippen molar-refractivity contribution < 1.29 is 13.2 Å². The van der Waals surface area contributed by atoms with Crippen molar-refractivity contribution in [2.75, 3.05) is 7.05 Å². The molecule has 1 aromatic carbocycles. The SMILES string of the molecule is CNC(=O)c1ccc(S(=O)(=O)C2CCCC2)cc1. The summed E-state index contributed by atoms with van der Waals surface area (Å²) < 4.78 is 24.6. The molecular weight excluding hydrogens is 250 g/mol. The number of amides is 1. The average Bonchev–Trinajstić information content (AvgIpc) is 2.92. The minimum Gasteiger partial charge on any atom is -0.355 e. The summed E-state index contributed by atoms with van der Waals surface area (Å²) in [6, 6.07) is 6.16. The molecule has 0 saturated heterocycles. The van der Waals surface area contributed by atoms with Crippen LogP contribution in [0.5, 0.6) is 0 Å². The Bertz CT molecular complexity index is 528. The maximum absolute atomic E-state index is 12.3. The van der Waals surface area contributed by atoms with Crippen LogP contribution < -0.4 is 5.32 Å². The quantitative estimate of drug-likeness (QED) is 0.907. The van der Waals surface area contributed by atoms with E-state index in [0.717, 1.165) is 25.7 Å². The van der Waals surface area contributed by atoms with E-state index in [0.29, 0.717) is 10.5 Å². The zero-order valence-electron chi connectivity index (χ0n) is 10.3. The second kappa shape index (κ2) is 5.10. The van der Waals surface area contributed by atoms with Crippen LogP contribution >= 0.6 is 0 Å². The van der Waals surface area contributed by atoms with Crippen molar-refractivity contribution in [3.63, 3.8) is 0 Å². The van der Waals surface area contributed by atoms with Crippen LogP contribution in [0.25, 0.3) is 0 Å².